The molecule has 2 amide bonds. The summed E-state index contributed by atoms with van der Waals surface area (Å²) < 4.78 is 11.8. The predicted molar refractivity (Wildman–Crippen MR) is 123 cm³/mol. The van der Waals surface area contributed by atoms with Gasteiger partial charge in [0.25, 0.3) is 5.91 Å². The highest BCUT2D eigenvalue weighted by atomic mass is 32.1. The first-order valence-electron chi connectivity index (χ1n) is 10.5. The van der Waals surface area contributed by atoms with E-state index >= 15 is 0 Å². The van der Waals surface area contributed by atoms with E-state index < -0.39 is 12.1 Å². The lowest BCUT2D eigenvalue weighted by Crippen LogP contribution is -2.36. The number of aromatic nitrogens is 2. The predicted octanol–water partition coefficient (Wildman–Crippen LogP) is 3.80. The SMILES string of the molecule is CCOC(=O)N1CCc2c(sc(NC(=O)c3cnn(-c4ccccc4)c3C)c2C(=O)OC)C1. The van der Waals surface area contributed by atoms with Crippen LogP contribution in [0.2, 0.25) is 0 Å². The number of anilines is 1. The van der Waals surface area contributed by atoms with Crippen molar-refractivity contribution >= 4 is 34.3 Å². The molecule has 0 aliphatic carbocycles. The van der Waals surface area contributed by atoms with E-state index in [1.165, 1.54) is 24.6 Å². The maximum atomic E-state index is 13.1. The van der Waals surface area contributed by atoms with Crippen molar-refractivity contribution in [3.63, 3.8) is 0 Å². The molecule has 0 bridgehead atoms. The second kappa shape index (κ2) is 9.45. The molecular weight excluding hydrogens is 444 g/mol. The van der Waals surface area contributed by atoms with Crippen molar-refractivity contribution in [2.75, 3.05) is 25.6 Å². The zero-order valence-corrected chi connectivity index (χ0v) is 19.4. The van der Waals surface area contributed by atoms with Crippen molar-refractivity contribution in [3.05, 3.63) is 63.8 Å². The zero-order chi connectivity index (χ0) is 23.5. The molecule has 0 radical (unpaired) electrons. The third-order valence-electron chi connectivity index (χ3n) is 5.45. The number of para-hydroxylation sites is 1. The minimum atomic E-state index is -0.524. The first kappa shape index (κ1) is 22.5. The Labute approximate surface area is 194 Å². The molecule has 1 aromatic carbocycles. The molecule has 1 aliphatic rings. The normalized spacial score (nSPS) is 12.8. The number of ether oxygens (including phenoxy) is 2. The minimum absolute atomic E-state index is 0.289. The number of nitrogens with zero attached hydrogens (tertiary/aromatic N) is 3. The van der Waals surface area contributed by atoms with Crippen LogP contribution in [0.1, 0.15) is 43.8 Å². The second-order valence-electron chi connectivity index (χ2n) is 7.42. The lowest BCUT2D eigenvalue weighted by Gasteiger charge is -2.26. The molecule has 9 nitrogen and oxygen atoms in total. The molecule has 0 spiro atoms. The van der Waals surface area contributed by atoms with Gasteiger partial charge in [0.15, 0.2) is 0 Å². The van der Waals surface area contributed by atoms with Crippen LogP contribution in [0, 0.1) is 6.92 Å². The van der Waals surface area contributed by atoms with Crippen molar-refractivity contribution in [1.29, 1.82) is 0 Å². The second-order valence-corrected chi connectivity index (χ2v) is 8.52. The van der Waals surface area contributed by atoms with E-state index in [2.05, 4.69) is 10.4 Å². The van der Waals surface area contributed by atoms with Gasteiger partial charge in [0.05, 0.1) is 49.0 Å². The number of hydrogen-bond donors (Lipinski definition) is 1. The van der Waals surface area contributed by atoms with Crippen molar-refractivity contribution < 1.29 is 23.9 Å². The Hall–Kier alpha value is -3.66. The Morgan fingerprint density at radius 3 is 2.67 bits per heavy atom. The van der Waals surface area contributed by atoms with Crippen LogP contribution in [-0.4, -0.2) is 52.9 Å². The van der Waals surface area contributed by atoms with E-state index in [4.69, 9.17) is 9.47 Å². The summed E-state index contributed by atoms with van der Waals surface area (Å²) in [6.45, 7) is 4.58. The number of amides is 2. The lowest BCUT2D eigenvalue weighted by atomic mass is 10.0. The van der Waals surface area contributed by atoms with Gasteiger partial charge < -0.3 is 19.7 Å². The van der Waals surface area contributed by atoms with Gasteiger partial charge in [-0.05, 0) is 38.0 Å². The van der Waals surface area contributed by atoms with Crippen molar-refractivity contribution in [2.45, 2.75) is 26.8 Å². The largest absolute Gasteiger partial charge is 0.465 e. The van der Waals surface area contributed by atoms with Gasteiger partial charge in [0.1, 0.15) is 5.00 Å². The topological polar surface area (TPSA) is 103 Å². The van der Waals surface area contributed by atoms with E-state index in [1.54, 1.807) is 16.5 Å². The number of fused-ring (bicyclic) bond motifs is 1. The summed E-state index contributed by atoms with van der Waals surface area (Å²) in [5.41, 5.74) is 3.04. The fourth-order valence-corrected chi connectivity index (χ4v) is 5.06. The number of esters is 1. The summed E-state index contributed by atoms with van der Waals surface area (Å²) >= 11 is 1.27. The average Bonchev–Trinajstić information content (AvgIpc) is 3.38. The van der Waals surface area contributed by atoms with Crippen LogP contribution in [-0.2, 0) is 22.4 Å². The third kappa shape index (κ3) is 4.34. The smallest absolute Gasteiger partial charge is 0.410 e. The van der Waals surface area contributed by atoms with Crippen LogP contribution < -0.4 is 5.32 Å². The maximum Gasteiger partial charge on any atom is 0.410 e. The molecule has 10 heteroatoms. The summed E-state index contributed by atoms with van der Waals surface area (Å²) in [5, 5.41) is 7.61. The summed E-state index contributed by atoms with van der Waals surface area (Å²) in [6, 6.07) is 9.51. The van der Waals surface area contributed by atoms with Crippen LogP contribution in [0.15, 0.2) is 36.5 Å². The molecule has 0 fully saturated rings. The molecule has 0 saturated carbocycles. The van der Waals surface area contributed by atoms with Gasteiger partial charge in [-0.1, -0.05) is 18.2 Å². The Bertz CT molecular complexity index is 1200. The first-order chi connectivity index (χ1) is 15.9. The van der Waals surface area contributed by atoms with Gasteiger partial charge in [-0.3, -0.25) is 4.79 Å². The molecule has 0 unspecified atom stereocenters. The van der Waals surface area contributed by atoms with E-state index in [0.29, 0.717) is 41.3 Å². The van der Waals surface area contributed by atoms with Crippen molar-refractivity contribution in [3.8, 4) is 5.69 Å². The number of thiophene rings is 1. The van der Waals surface area contributed by atoms with Gasteiger partial charge in [-0.25, -0.2) is 14.3 Å². The fraction of sp³-hybridized carbons (Fsp3) is 0.304. The van der Waals surface area contributed by atoms with Gasteiger partial charge >= 0.3 is 12.1 Å². The van der Waals surface area contributed by atoms with Gasteiger partial charge in [0.2, 0.25) is 0 Å². The number of nitrogens with one attached hydrogen (secondary N) is 1. The molecule has 0 saturated heterocycles. The van der Waals surface area contributed by atoms with E-state index in [9.17, 15) is 14.4 Å². The Morgan fingerprint density at radius 1 is 1.21 bits per heavy atom. The monoisotopic (exact) mass is 468 g/mol. The summed E-state index contributed by atoms with van der Waals surface area (Å²) in [5.74, 6) is -0.898. The van der Waals surface area contributed by atoms with Gasteiger partial charge in [0, 0.05) is 11.4 Å². The molecule has 1 N–H and O–H groups in total. The van der Waals surface area contributed by atoms with E-state index in [0.717, 1.165) is 16.1 Å². The summed E-state index contributed by atoms with van der Waals surface area (Å²) in [4.78, 5) is 40.2. The van der Waals surface area contributed by atoms with Gasteiger partial charge in [-0.15, -0.1) is 11.3 Å². The highest BCUT2D eigenvalue weighted by molar-refractivity contribution is 7.17. The Balaban J connectivity index is 1.62. The van der Waals surface area contributed by atoms with Crippen molar-refractivity contribution in [1.82, 2.24) is 14.7 Å². The molecule has 3 heterocycles. The summed E-state index contributed by atoms with van der Waals surface area (Å²) in [7, 11) is 1.31. The number of rotatable bonds is 5. The molecule has 172 valence electrons. The number of hydrogen-bond acceptors (Lipinski definition) is 7. The number of methoxy groups -OCH3 is 1. The number of carbonyl (C=O) groups is 3. The standard InChI is InChI=1S/C23H24N4O5S/c1-4-32-23(30)26-11-10-16-18(13-26)33-21(19(16)22(29)31-3)25-20(28)17-12-24-27(14(17)2)15-8-6-5-7-9-15/h5-9,12H,4,10-11,13H2,1-3H3,(H,25,28). The van der Waals surface area contributed by atoms with Crippen LogP contribution in [0.5, 0.6) is 0 Å². The maximum absolute atomic E-state index is 13.1. The quantitative estimate of drug-likeness (QED) is 0.572. The van der Waals surface area contributed by atoms with Crippen molar-refractivity contribution in [2.24, 2.45) is 0 Å². The molecule has 1 aliphatic heterocycles. The van der Waals surface area contributed by atoms with Crippen LogP contribution >= 0.6 is 11.3 Å². The molecule has 4 rings (SSSR count). The molecular formula is C23H24N4O5S. The Kier molecular flexibility index (Phi) is 6.45. The van der Waals surface area contributed by atoms with Crippen LogP contribution in [0.4, 0.5) is 9.80 Å². The van der Waals surface area contributed by atoms with E-state index in [1.807, 2.05) is 37.3 Å². The third-order valence-corrected chi connectivity index (χ3v) is 6.59. The summed E-state index contributed by atoms with van der Waals surface area (Å²) in [6.07, 6.45) is 1.58. The highest BCUT2D eigenvalue weighted by Gasteiger charge is 2.31. The Morgan fingerprint density at radius 2 is 1.97 bits per heavy atom. The minimum Gasteiger partial charge on any atom is -0.465 e. The molecule has 0 atom stereocenters. The van der Waals surface area contributed by atoms with Crippen LogP contribution in [0.3, 0.4) is 0 Å². The molecule has 2 aromatic heterocycles. The molecule has 33 heavy (non-hydrogen) atoms. The first-order valence-corrected chi connectivity index (χ1v) is 11.3. The average molecular weight is 469 g/mol. The lowest BCUT2D eigenvalue weighted by molar-refractivity contribution is 0.0600. The number of benzene rings is 1. The van der Waals surface area contributed by atoms with Crippen LogP contribution in [0.25, 0.3) is 5.69 Å². The number of carbonyl (C=O) groups excluding carboxylic acids is 3. The fourth-order valence-electron chi connectivity index (χ4n) is 3.81. The molecule has 3 aromatic rings. The van der Waals surface area contributed by atoms with Gasteiger partial charge in [-0.2, -0.15) is 5.10 Å². The zero-order valence-electron chi connectivity index (χ0n) is 18.6. The van der Waals surface area contributed by atoms with E-state index in [-0.39, 0.29) is 12.5 Å². The highest BCUT2D eigenvalue weighted by Crippen LogP contribution is 2.38.